The van der Waals surface area contributed by atoms with Gasteiger partial charge in [-0.3, -0.25) is 4.79 Å². The summed E-state index contributed by atoms with van der Waals surface area (Å²) in [5.41, 5.74) is 5.77. The fourth-order valence-electron chi connectivity index (χ4n) is 1.68. The number of rotatable bonds is 3. The maximum absolute atomic E-state index is 11.6. The van der Waals surface area contributed by atoms with Crippen molar-refractivity contribution in [1.82, 2.24) is 10.2 Å². The van der Waals surface area contributed by atoms with Crippen molar-refractivity contribution in [2.24, 2.45) is 5.73 Å². The molecule has 17 heavy (non-hydrogen) atoms. The third-order valence-electron chi connectivity index (χ3n) is 2.58. The van der Waals surface area contributed by atoms with Gasteiger partial charge in [-0.15, -0.1) is 12.4 Å². The van der Waals surface area contributed by atoms with Crippen molar-refractivity contribution in [3.8, 4) is 0 Å². The van der Waals surface area contributed by atoms with E-state index < -0.39 is 0 Å². The van der Waals surface area contributed by atoms with Gasteiger partial charge >= 0.3 is 12.0 Å². The first-order valence-corrected chi connectivity index (χ1v) is 5.48. The summed E-state index contributed by atoms with van der Waals surface area (Å²) in [5.74, 6) is -0.323. The van der Waals surface area contributed by atoms with Gasteiger partial charge in [0, 0.05) is 25.7 Å². The van der Waals surface area contributed by atoms with Crippen LogP contribution in [0.15, 0.2) is 0 Å². The van der Waals surface area contributed by atoms with Gasteiger partial charge in [0.2, 0.25) is 0 Å². The number of nitrogens with one attached hydrogen (secondary N) is 1. The Morgan fingerprint density at radius 1 is 1.53 bits per heavy atom. The van der Waals surface area contributed by atoms with E-state index in [1.165, 1.54) is 7.11 Å². The molecule has 100 valence electrons. The zero-order chi connectivity index (χ0) is 12.0. The van der Waals surface area contributed by atoms with Crippen molar-refractivity contribution in [2.45, 2.75) is 25.3 Å². The number of halogens is 1. The van der Waals surface area contributed by atoms with Gasteiger partial charge in [-0.25, -0.2) is 4.79 Å². The molecule has 0 aromatic heterocycles. The highest BCUT2D eigenvalue weighted by atomic mass is 35.5. The van der Waals surface area contributed by atoms with E-state index in [1.54, 1.807) is 4.90 Å². The second-order valence-electron chi connectivity index (χ2n) is 3.91. The molecule has 0 aromatic rings. The van der Waals surface area contributed by atoms with Crippen molar-refractivity contribution in [1.29, 1.82) is 0 Å². The first-order valence-electron chi connectivity index (χ1n) is 5.48. The summed E-state index contributed by atoms with van der Waals surface area (Å²) >= 11 is 0. The van der Waals surface area contributed by atoms with Gasteiger partial charge < -0.3 is 20.7 Å². The summed E-state index contributed by atoms with van der Waals surface area (Å²) in [4.78, 5) is 24.1. The number of likely N-dealkylation sites (tertiary alicyclic amines) is 1. The summed E-state index contributed by atoms with van der Waals surface area (Å²) in [6, 6.07) is -0.0841. The molecular weight excluding hydrogens is 246 g/mol. The largest absolute Gasteiger partial charge is 0.469 e. The standard InChI is InChI=1S/C10H19N3O3.ClH/c1-16-9(14)4-5-12-10(15)13-6-2-3-8(11)7-13;/h8H,2-7,11H2,1H3,(H,12,15);1H. The van der Waals surface area contributed by atoms with Crippen molar-refractivity contribution in [3.63, 3.8) is 0 Å². The second kappa shape index (κ2) is 8.14. The molecule has 0 bridgehead atoms. The maximum atomic E-state index is 11.6. The summed E-state index contributed by atoms with van der Waals surface area (Å²) in [5, 5.41) is 2.67. The van der Waals surface area contributed by atoms with E-state index in [2.05, 4.69) is 10.1 Å². The Morgan fingerprint density at radius 2 is 2.24 bits per heavy atom. The lowest BCUT2D eigenvalue weighted by Gasteiger charge is -2.30. The molecule has 6 nitrogen and oxygen atoms in total. The molecule has 1 aliphatic heterocycles. The number of methoxy groups -OCH3 is 1. The number of nitrogens with zero attached hydrogens (tertiary/aromatic N) is 1. The molecule has 3 N–H and O–H groups in total. The molecule has 0 saturated carbocycles. The van der Waals surface area contributed by atoms with Crippen LogP contribution in [-0.4, -0.2) is 49.7 Å². The van der Waals surface area contributed by atoms with E-state index in [1.807, 2.05) is 0 Å². The van der Waals surface area contributed by atoms with E-state index >= 15 is 0 Å². The SMILES string of the molecule is COC(=O)CCNC(=O)N1CCCC(N)C1.Cl. The Balaban J connectivity index is 0.00000256. The minimum Gasteiger partial charge on any atom is -0.469 e. The Kier molecular flexibility index (Phi) is 7.65. The molecule has 1 fully saturated rings. The monoisotopic (exact) mass is 265 g/mol. The number of carbonyl (C=O) groups excluding carboxylic acids is 2. The first-order chi connectivity index (χ1) is 7.63. The van der Waals surface area contributed by atoms with E-state index in [0.29, 0.717) is 13.1 Å². The van der Waals surface area contributed by atoms with Crippen molar-refractivity contribution >= 4 is 24.4 Å². The van der Waals surface area contributed by atoms with E-state index in [0.717, 1.165) is 19.4 Å². The summed E-state index contributed by atoms with van der Waals surface area (Å²) in [6.07, 6.45) is 2.10. The molecule has 1 unspecified atom stereocenters. The predicted molar refractivity (Wildman–Crippen MR) is 66.1 cm³/mol. The number of nitrogens with two attached hydrogens (primary N) is 1. The number of ether oxygens (including phenoxy) is 1. The highest BCUT2D eigenvalue weighted by molar-refractivity contribution is 5.85. The van der Waals surface area contributed by atoms with Crippen LogP contribution in [0, 0.1) is 0 Å². The van der Waals surface area contributed by atoms with E-state index in [9.17, 15) is 9.59 Å². The maximum Gasteiger partial charge on any atom is 0.317 e. The van der Waals surface area contributed by atoms with E-state index in [-0.39, 0.29) is 36.9 Å². The minimum atomic E-state index is -0.323. The number of esters is 1. The number of carbonyl (C=O) groups is 2. The Labute approximate surface area is 107 Å². The highest BCUT2D eigenvalue weighted by Crippen LogP contribution is 2.07. The predicted octanol–water partition coefficient (Wildman–Crippen LogP) is 0.104. The Hall–Kier alpha value is -1.01. The summed E-state index contributed by atoms with van der Waals surface area (Å²) < 4.78 is 4.47. The fraction of sp³-hybridized carbons (Fsp3) is 0.800. The number of hydrogen-bond acceptors (Lipinski definition) is 4. The van der Waals surface area contributed by atoms with Crippen LogP contribution in [0.5, 0.6) is 0 Å². The molecule has 2 amide bonds. The molecule has 1 rings (SSSR count). The van der Waals surface area contributed by atoms with Crippen LogP contribution in [0.25, 0.3) is 0 Å². The topological polar surface area (TPSA) is 84.7 Å². The van der Waals surface area contributed by atoms with Crippen LogP contribution in [0.4, 0.5) is 4.79 Å². The van der Waals surface area contributed by atoms with Crippen molar-refractivity contribution < 1.29 is 14.3 Å². The van der Waals surface area contributed by atoms with Crippen LogP contribution in [-0.2, 0) is 9.53 Å². The average molecular weight is 266 g/mol. The van der Waals surface area contributed by atoms with Crippen LogP contribution in [0.3, 0.4) is 0 Å². The highest BCUT2D eigenvalue weighted by Gasteiger charge is 2.20. The molecule has 1 heterocycles. The molecule has 0 spiro atoms. The Morgan fingerprint density at radius 3 is 2.82 bits per heavy atom. The van der Waals surface area contributed by atoms with Crippen LogP contribution < -0.4 is 11.1 Å². The Bertz CT molecular complexity index is 263. The zero-order valence-electron chi connectivity index (χ0n) is 9.98. The van der Waals surface area contributed by atoms with Crippen molar-refractivity contribution in [2.75, 3.05) is 26.7 Å². The smallest absolute Gasteiger partial charge is 0.317 e. The minimum absolute atomic E-state index is 0. The zero-order valence-corrected chi connectivity index (χ0v) is 10.8. The molecule has 1 atom stereocenters. The molecule has 0 aromatic carbocycles. The van der Waals surface area contributed by atoms with Gasteiger partial charge in [-0.1, -0.05) is 0 Å². The van der Waals surface area contributed by atoms with Gasteiger partial charge in [0.05, 0.1) is 13.5 Å². The number of urea groups is 1. The van der Waals surface area contributed by atoms with Gasteiger partial charge in [-0.05, 0) is 12.8 Å². The van der Waals surface area contributed by atoms with Gasteiger partial charge in [0.15, 0.2) is 0 Å². The van der Waals surface area contributed by atoms with Gasteiger partial charge in [0.25, 0.3) is 0 Å². The third-order valence-corrected chi connectivity index (χ3v) is 2.58. The lowest BCUT2D eigenvalue weighted by molar-refractivity contribution is -0.140. The first kappa shape index (κ1) is 16.0. The van der Waals surface area contributed by atoms with E-state index in [4.69, 9.17) is 5.73 Å². The van der Waals surface area contributed by atoms with Crippen LogP contribution in [0.1, 0.15) is 19.3 Å². The molecule has 7 heteroatoms. The van der Waals surface area contributed by atoms with Gasteiger partial charge in [0.1, 0.15) is 0 Å². The number of amides is 2. The normalized spacial score (nSPS) is 19.2. The second-order valence-corrected chi connectivity index (χ2v) is 3.91. The third kappa shape index (κ3) is 5.74. The molecule has 1 saturated heterocycles. The molecule has 1 aliphatic rings. The lowest BCUT2D eigenvalue weighted by Crippen LogP contribution is -2.49. The van der Waals surface area contributed by atoms with Crippen molar-refractivity contribution in [3.05, 3.63) is 0 Å². The lowest BCUT2D eigenvalue weighted by atomic mass is 10.1. The molecular formula is C10H20ClN3O3. The summed E-state index contributed by atoms with van der Waals surface area (Å²) in [7, 11) is 1.33. The summed E-state index contributed by atoms with van der Waals surface area (Å²) in [6.45, 7) is 1.62. The average Bonchev–Trinajstić information content (AvgIpc) is 2.28. The molecule has 0 aliphatic carbocycles. The number of hydrogen-bond donors (Lipinski definition) is 2. The quantitative estimate of drug-likeness (QED) is 0.709. The number of piperidine rings is 1. The van der Waals surface area contributed by atoms with Gasteiger partial charge in [-0.2, -0.15) is 0 Å². The molecule has 0 radical (unpaired) electrons. The van der Waals surface area contributed by atoms with Crippen LogP contribution >= 0.6 is 12.4 Å². The van der Waals surface area contributed by atoms with Crippen LogP contribution in [0.2, 0.25) is 0 Å². The fourth-order valence-corrected chi connectivity index (χ4v) is 1.68.